The largest absolute Gasteiger partial charge is 0.497 e. The van der Waals surface area contributed by atoms with E-state index < -0.39 is 0 Å². The Morgan fingerprint density at radius 1 is 1.00 bits per heavy atom. The first-order valence-corrected chi connectivity index (χ1v) is 12.8. The Morgan fingerprint density at radius 2 is 1.81 bits per heavy atom. The van der Waals surface area contributed by atoms with E-state index in [2.05, 4.69) is 36.4 Å². The van der Waals surface area contributed by atoms with Crippen molar-refractivity contribution in [2.24, 2.45) is 4.99 Å². The van der Waals surface area contributed by atoms with Gasteiger partial charge in [-0.15, -0.1) is 0 Å². The van der Waals surface area contributed by atoms with Crippen molar-refractivity contribution in [3.05, 3.63) is 120 Å². The number of hydrogen-bond donors (Lipinski definition) is 0. The molecule has 6 heteroatoms. The van der Waals surface area contributed by atoms with E-state index in [1.807, 2.05) is 47.9 Å². The minimum atomic E-state index is -0.204. The molecule has 3 aromatic carbocycles. The zero-order valence-corrected chi connectivity index (χ0v) is 21.3. The van der Waals surface area contributed by atoms with E-state index in [0.29, 0.717) is 4.53 Å². The third kappa shape index (κ3) is 3.69. The maximum atomic E-state index is 13.9. The van der Waals surface area contributed by atoms with Crippen LogP contribution in [0.3, 0.4) is 0 Å². The SMILES string of the molecule is COc1ccc([C@H]2C3=C(N=c4s/c(=C/c5ccc(C)c(OC)c5)c(=O)n42)c2ccccc2CC3)cc1. The van der Waals surface area contributed by atoms with Crippen LogP contribution in [-0.2, 0) is 6.42 Å². The lowest BCUT2D eigenvalue weighted by Gasteiger charge is -2.30. The Balaban J connectivity index is 1.59. The fraction of sp³-hybridized carbons (Fsp3) is 0.200. The number of ether oxygens (including phenoxy) is 2. The summed E-state index contributed by atoms with van der Waals surface area (Å²) < 4.78 is 13.4. The standard InChI is InChI=1S/C30H26N2O3S/c1-18-8-9-19(16-25(18)35-3)17-26-29(33)32-28(21-10-13-22(34-2)14-11-21)24-15-12-20-6-4-5-7-23(20)27(24)31-30(32)36-26/h4-11,13-14,16-17,28H,12,15H2,1-3H3/b26-17+/t28-/m0/s1. The summed E-state index contributed by atoms with van der Waals surface area (Å²) in [5, 5.41) is 0. The predicted octanol–water partition coefficient (Wildman–Crippen LogP) is 4.64. The van der Waals surface area contributed by atoms with Gasteiger partial charge in [0.25, 0.3) is 5.56 Å². The molecule has 0 bridgehead atoms. The van der Waals surface area contributed by atoms with Gasteiger partial charge < -0.3 is 9.47 Å². The maximum Gasteiger partial charge on any atom is 0.271 e. The minimum Gasteiger partial charge on any atom is -0.497 e. The second-order valence-electron chi connectivity index (χ2n) is 9.12. The Morgan fingerprint density at radius 3 is 2.58 bits per heavy atom. The second kappa shape index (κ2) is 8.95. The Hall–Kier alpha value is -3.90. The van der Waals surface area contributed by atoms with Crippen LogP contribution in [0.4, 0.5) is 0 Å². The highest BCUT2D eigenvalue weighted by Crippen LogP contribution is 2.41. The van der Waals surface area contributed by atoms with Gasteiger partial charge in [-0.25, -0.2) is 4.99 Å². The first-order chi connectivity index (χ1) is 17.6. The van der Waals surface area contributed by atoms with Crippen LogP contribution >= 0.6 is 11.3 Å². The molecule has 5 nitrogen and oxygen atoms in total. The number of thiazole rings is 1. The first-order valence-electron chi connectivity index (χ1n) is 12.0. The van der Waals surface area contributed by atoms with Gasteiger partial charge in [-0.1, -0.05) is 59.9 Å². The van der Waals surface area contributed by atoms with Crippen LogP contribution in [0, 0.1) is 6.92 Å². The molecule has 36 heavy (non-hydrogen) atoms. The topological polar surface area (TPSA) is 52.8 Å². The third-order valence-electron chi connectivity index (χ3n) is 7.03. The molecule has 1 aromatic heterocycles. The van der Waals surface area contributed by atoms with E-state index in [0.717, 1.165) is 57.1 Å². The quantitative estimate of drug-likeness (QED) is 0.415. The van der Waals surface area contributed by atoms with Crippen LogP contribution in [0.5, 0.6) is 11.5 Å². The number of methoxy groups -OCH3 is 2. The molecule has 0 spiro atoms. The van der Waals surface area contributed by atoms with E-state index in [4.69, 9.17) is 14.5 Å². The smallest absolute Gasteiger partial charge is 0.271 e. The molecule has 1 atom stereocenters. The van der Waals surface area contributed by atoms with Gasteiger partial charge in [-0.05, 0) is 71.9 Å². The Labute approximate surface area is 213 Å². The highest BCUT2D eigenvalue weighted by molar-refractivity contribution is 7.07. The van der Waals surface area contributed by atoms with Crippen LogP contribution in [0.2, 0.25) is 0 Å². The first kappa shape index (κ1) is 22.6. The van der Waals surface area contributed by atoms with Gasteiger partial charge in [0.15, 0.2) is 4.80 Å². The average Bonchev–Trinajstić information content (AvgIpc) is 3.22. The third-order valence-corrected chi connectivity index (χ3v) is 8.02. The number of aryl methyl sites for hydroxylation is 2. The van der Waals surface area contributed by atoms with Crippen LogP contribution in [-0.4, -0.2) is 18.8 Å². The van der Waals surface area contributed by atoms with Crippen molar-refractivity contribution in [1.29, 1.82) is 0 Å². The van der Waals surface area contributed by atoms with Crippen molar-refractivity contribution in [3.8, 4) is 11.5 Å². The molecule has 1 aliphatic heterocycles. The summed E-state index contributed by atoms with van der Waals surface area (Å²) in [6.45, 7) is 2.01. The van der Waals surface area contributed by atoms with Gasteiger partial charge in [0, 0.05) is 5.56 Å². The molecule has 4 aromatic rings. The van der Waals surface area contributed by atoms with E-state index in [1.54, 1.807) is 14.2 Å². The van der Waals surface area contributed by atoms with E-state index in [1.165, 1.54) is 22.5 Å². The normalized spacial score (nSPS) is 16.6. The van der Waals surface area contributed by atoms with Crippen LogP contribution < -0.4 is 24.4 Å². The predicted molar refractivity (Wildman–Crippen MR) is 143 cm³/mol. The Kier molecular flexibility index (Phi) is 5.61. The summed E-state index contributed by atoms with van der Waals surface area (Å²) in [5.41, 5.74) is 7.68. The van der Waals surface area contributed by atoms with Gasteiger partial charge in [0.1, 0.15) is 11.5 Å². The van der Waals surface area contributed by atoms with Gasteiger partial charge in [0.05, 0.1) is 30.5 Å². The summed E-state index contributed by atoms with van der Waals surface area (Å²) in [6.07, 6.45) is 3.74. The Bertz CT molecular complexity index is 1690. The lowest BCUT2D eigenvalue weighted by molar-refractivity contribution is 0.411. The number of hydrogen-bond acceptors (Lipinski definition) is 5. The zero-order valence-electron chi connectivity index (χ0n) is 20.4. The van der Waals surface area contributed by atoms with Crippen LogP contribution in [0.1, 0.15) is 40.3 Å². The van der Waals surface area contributed by atoms with Crippen molar-refractivity contribution in [1.82, 2.24) is 4.57 Å². The van der Waals surface area contributed by atoms with Gasteiger partial charge in [-0.3, -0.25) is 9.36 Å². The highest BCUT2D eigenvalue weighted by Gasteiger charge is 2.32. The molecule has 2 aliphatic rings. The summed E-state index contributed by atoms with van der Waals surface area (Å²) >= 11 is 1.44. The van der Waals surface area contributed by atoms with Gasteiger partial charge >= 0.3 is 0 Å². The number of benzene rings is 3. The number of rotatable bonds is 4. The van der Waals surface area contributed by atoms with E-state index in [-0.39, 0.29) is 11.6 Å². The summed E-state index contributed by atoms with van der Waals surface area (Å²) in [5.74, 6) is 1.60. The fourth-order valence-corrected chi connectivity index (χ4v) is 6.19. The monoisotopic (exact) mass is 494 g/mol. The van der Waals surface area contributed by atoms with Gasteiger partial charge in [-0.2, -0.15) is 0 Å². The lowest BCUT2D eigenvalue weighted by Crippen LogP contribution is -2.38. The molecule has 0 amide bonds. The molecule has 6 rings (SSSR count). The fourth-order valence-electron chi connectivity index (χ4n) is 5.19. The van der Waals surface area contributed by atoms with Crippen molar-refractivity contribution in [2.75, 3.05) is 14.2 Å². The van der Waals surface area contributed by atoms with E-state index >= 15 is 0 Å². The van der Waals surface area contributed by atoms with Crippen LogP contribution in [0.25, 0.3) is 11.8 Å². The highest BCUT2D eigenvalue weighted by atomic mass is 32.1. The second-order valence-corrected chi connectivity index (χ2v) is 10.1. The zero-order chi connectivity index (χ0) is 24.8. The molecule has 0 N–H and O–H groups in total. The molecule has 0 saturated carbocycles. The summed E-state index contributed by atoms with van der Waals surface area (Å²) in [7, 11) is 3.33. The molecule has 1 aliphatic carbocycles. The molecular formula is C30H26N2O3S. The molecule has 0 fully saturated rings. The molecule has 2 heterocycles. The number of fused-ring (bicyclic) bond motifs is 3. The molecular weight excluding hydrogens is 468 g/mol. The number of allylic oxidation sites excluding steroid dienone is 1. The number of nitrogens with zero attached hydrogens (tertiary/aromatic N) is 2. The van der Waals surface area contributed by atoms with Crippen molar-refractivity contribution < 1.29 is 9.47 Å². The number of aromatic nitrogens is 1. The van der Waals surface area contributed by atoms with Crippen LogP contribution in [0.15, 0.2) is 82.1 Å². The maximum absolute atomic E-state index is 13.9. The van der Waals surface area contributed by atoms with Crippen molar-refractivity contribution >= 4 is 23.1 Å². The summed E-state index contributed by atoms with van der Waals surface area (Å²) in [6, 6.07) is 22.3. The van der Waals surface area contributed by atoms with Gasteiger partial charge in [0.2, 0.25) is 0 Å². The van der Waals surface area contributed by atoms with E-state index in [9.17, 15) is 4.79 Å². The minimum absolute atomic E-state index is 0.0236. The molecule has 0 saturated heterocycles. The van der Waals surface area contributed by atoms with Crippen molar-refractivity contribution in [3.63, 3.8) is 0 Å². The molecule has 0 radical (unpaired) electrons. The molecule has 180 valence electrons. The lowest BCUT2D eigenvalue weighted by atomic mass is 9.83. The average molecular weight is 495 g/mol. The molecule has 0 unspecified atom stereocenters. The summed E-state index contributed by atoms with van der Waals surface area (Å²) in [4.78, 5) is 19.7. The van der Waals surface area contributed by atoms with Crippen molar-refractivity contribution in [2.45, 2.75) is 25.8 Å².